The third kappa shape index (κ3) is 6.96. The summed E-state index contributed by atoms with van der Waals surface area (Å²) >= 11 is 0. The van der Waals surface area contributed by atoms with E-state index in [1.165, 1.54) is 19.3 Å². The summed E-state index contributed by atoms with van der Waals surface area (Å²) in [6.45, 7) is 4.01. The Bertz CT molecular complexity index is 889. The molecule has 2 fully saturated rings. The van der Waals surface area contributed by atoms with Crippen molar-refractivity contribution in [3.63, 3.8) is 0 Å². The molecule has 2 aromatic rings. The van der Waals surface area contributed by atoms with E-state index in [0.29, 0.717) is 12.6 Å². The molecule has 176 valence electrons. The molecule has 1 saturated heterocycles. The summed E-state index contributed by atoms with van der Waals surface area (Å²) in [5.74, 6) is -0.0590. The summed E-state index contributed by atoms with van der Waals surface area (Å²) in [5, 5.41) is 9.32. The molecule has 1 heterocycles. The molecule has 1 aliphatic heterocycles. The fourth-order valence-corrected chi connectivity index (χ4v) is 4.56. The zero-order valence-electron chi connectivity index (χ0n) is 19.3. The van der Waals surface area contributed by atoms with Crippen molar-refractivity contribution in [3.8, 4) is 0 Å². The van der Waals surface area contributed by atoms with Gasteiger partial charge in [-0.05, 0) is 42.7 Å². The predicted octanol–water partition coefficient (Wildman–Crippen LogP) is 3.58. The van der Waals surface area contributed by atoms with Gasteiger partial charge in [0.1, 0.15) is 0 Å². The molecule has 0 bridgehead atoms. The second kappa shape index (κ2) is 11.7. The van der Waals surface area contributed by atoms with Gasteiger partial charge in [-0.1, -0.05) is 49.6 Å². The van der Waals surface area contributed by atoms with Crippen LogP contribution in [-0.2, 0) is 11.3 Å². The van der Waals surface area contributed by atoms with Gasteiger partial charge in [-0.2, -0.15) is 0 Å². The smallest absolute Gasteiger partial charge is 0.317 e. The number of rotatable bonds is 7. The molecule has 0 unspecified atom stereocenters. The van der Waals surface area contributed by atoms with Gasteiger partial charge in [-0.3, -0.25) is 4.79 Å². The minimum absolute atomic E-state index is 0.0590. The highest BCUT2D eigenvalue weighted by Crippen LogP contribution is 2.21. The Morgan fingerprint density at radius 1 is 0.848 bits per heavy atom. The predicted molar refractivity (Wildman–Crippen MR) is 132 cm³/mol. The van der Waals surface area contributed by atoms with Gasteiger partial charge >= 0.3 is 6.03 Å². The molecule has 0 aromatic heterocycles. The quantitative estimate of drug-likeness (QED) is 0.604. The zero-order chi connectivity index (χ0) is 22.9. The Labute approximate surface area is 196 Å². The number of piperazine rings is 1. The van der Waals surface area contributed by atoms with Crippen molar-refractivity contribution in [3.05, 3.63) is 60.2 Å². The first-order valence-corrected chi connectivity index (χ1v) is 12.1. The number of hydrogen-bond donors (Lipinski definition) is 3. The molecule has 2 aliphatic rings. The SMILES string of the molecule is O=C(CNCc1ccccc1)Nc1ccc(N2CCN(C(=O)NC3CCCCC3)CC2)cc1. The lowest BCUT2D eigenvalue weighted by atomic mass is 9.96. The molecule has 4 rings (SSSR count). The van der Waals surface area contributed by atoms with Gasteiger partial charge in [0.15, 0.2) is 0 Å². The number of hydrogen-bond acceptors (Lipinski definition) is 4. The summed E-state index contributed by atoms with van der Waals surface area (Å²) in [6.07, 6.45) is 5.95. The standard InChI is InChI=1S/C26H35N5O2/c32-25(20-27-19-21-7-3-1-4-8-21)28-23-11-13-24(14-12-23)30-15-17-31(18-16-30)26(33)29-22-9-5-2-6-10-22/h1,3-4,7-8,11-14,22,27H,2,5-6,9-10,15-20H2,(H,28,32)(H,29,33). The number of amides is 3. The highest BCUT2D eigenvalue weighted by atomic mass is 16.2. The Kier molecular flexibility index (Phi) is 8.19. The number of carbonyl (C=O) groups excluding carboxylic acids is 2. The number of benzene rings is 2. The molecule has 0 spiro atoms. The van der Waals surface area contributed by atoms with E-state index < -0.39 is 0 Å². The first-order chi connectivity index (χ1) is 16.2. The van der Waals surface area contributed by atoms with E-state index in [0.717, 1.165) is 56.0 Å². The van der Waals surface area contributed by atoms with Gasteiger partial charge in [0.2, 0.25) is 5.91 Å². The summed E-state index contributed by atoms with van der Waals surface area (Å²) < 4.78 is 0. The Morgan fingerprint density at radius 2 is 1.55 bits per heavy atom. The fourth-order valence-electron chi connectivity index (χ4n) is 4.56. The van der Waals surface area contributed by atoms with Gasteiger partial charge in [0.05, 0.1) is 6.54 Å². The molecular weight excluding hydrogens is 414 g/mol. The number of carbonyl (C=O) groups is 2. The van der Waals surface area contributed by atoms with Crippen molar-refractivity contribution in [2.24, 2.45) is 0 Å². The van der Waals surface area contributed by atoms with Crippen LogP contribution in [0.2, 0.25) is 0 Å². The van der Waals surface area contributed by atoms with Crippen LogP contribution in [0.25, 0.3) is 0 Å². The maximum Gasteiger partial charge on any atom is 0.317 e. The zero-order valence-corrected chi connectivity index (χ0v) is 19.3. The van der Waals surface area contributed by atoms with Gasteiger partial charge in [0.25, 0.3) is 0 Å². The number of nitrogens with zero attached hydrogens (tertiary/aromatic N) is 2. The number of anilines is 2. The Hall–Kier alpha value is -3.06. The third-order valence-electron chi connectivity index (χ3n) is 6.47. The first kappa shape index (κ1) is 23.1. The Morgan fingerprint density at radius 3 is 2.24 bits per heavy atom. The second-order valence-electron chi connectivity index (χ2n) is 8.94. The summed E-state index contributed by atoms with van der Waals surface area (Å²) in [7, 11) is 0. The van der Waals surface area contributed by atoms with E-state index in [-0.39, 0.29) is 18.5 Å². The molecule has 1 saturated carbocycles. The van der Waals surface area contributed by atoms with Crippen LogP contribution < -0.4 is 20.9 Å². The highest BCUT2D eigenvalue weighted by molar-refractivity contribution is 5.92. The van der Waals surface area contributed by atoms with E-state index in [9.17, 15) is 9.59 Å². The summed E-state index contributed by atoms with van der Waals surface area (Å²) in [6, 6.07) is 18.4. The van der Waals surface area contributed by atoms with Gasteiger partial charge < -0.3 is 25.8 Å². The lowest BCUT2D eigenvalue weighted by molar-refractivity contribution is -0.115. The van der Waals surface area contributed by atoms with Crippen molar-refractivity contribution in [2.75, 3.05) is 42.9 Å². The van der Waals surface area contributed by atoms with Crippen molar-refractivity contribution in [1.82, 2.24) is 15.5 Å². The maximum atomic E-state index is 12.6. The monoisotopic (exact) mass is 449 g/mol. The maximum absolute atomic E-state index is 12.6. The molecule has 3 amide bonds. The van der Waals surface area contributed by atoms with Gasteiger partial charge in [0, 0.05) is 50.1 Å². The number of nitrogens with one attached hydrogen (secondary N) is 3. The molecular formula is C26H35N5O2. The van der Waals surface area contributed by atoms with Gasteiger partial charge in [-0.15, -0.1) is 0 Å². The normalized spacial score (nSPS) is 17.0. The van der Waals surface area contributed by atoms with Crippen LogP contribution in [0.5, 0.6) is 0 Å². The molecule has 7 nitrogen and oxygen atoms in total. The van der Waals surface area contributed by atoms with Crippen LogP contribution >= 0.6 is 0 Å². The molecule has 1 aliphatic carbocycles. The molecule has 0 atom stereocenters. The van der Waals surface area contributed by atoms with Gasteiger partial charge in [-0.25, -0.2) is 4.79 Å². The lowest BCUT2D eigenvalue weighted by Crippen LogP contribution is -2.53. The van der Waals surface area contributed by atoms with Crippen LogP contribution in [0.15, 0.2) is 54.6 Å². The number of urea groups is 1. The van der Waals surface area contributed by atoms with Crippen LogP contribution in [-0.4, -0.2) is 55.6 Å². The first-order valence-electron chi connectivity index (χ1n) is 12.1. The van der Waals surface area contributed by atoms with Crippen molar-refractivity contribution < 1.29 is 9.59 Å². The molecule has 7 heteroatoms. The minimum atomic E-state index is -0.0590. The van der Waals surface area contributed by atoms with Crippen LogP contribution in [0.1, 0.15) is 37.7 Å². The van der Waals surface area contributed by atoms with E-state index in [1.54, 1.807) is 0 Å². The van der Waals surface area contributed by atoms with Crippen LogP contribution in [0.4, 0.5) is 16.2 Å². The summed E-state index contributed by atoms with van der Waals surface area (Å²) in [4.78, 5) is 29.0. The molecule has 0 radical (unpaired) electrons. The van der Waals surface area contributed by atoms with Crippen LogP contribution in [0.3, 0.4) is 0 Å². The average Bonchev–Trinajstić information content (AvgIpc) is 2.86. The van der Waals surface area contributed by atoms with Crippen LogP contribution in [0, 0.1) is 0 Å². The largest absolute Gasteiger partial charge is 0.368 e. The van der Waals surface area contributed by atoms with Crippen molar-refractivity contribution >= 4 is 23.3 Å². The van der Waals surface area contributed by atoms with E-state index in [4.69, 9.17) is 0 Å². The van der Waals surface area contributed by atoms with E-state index >= 15 is 0 Å². The minimum Gasteiger partial charge on any atom is -0.368 e. The van der Waals surface area contributed by atoms with E-state index in [2.05, 4.69) is 20.9 Å². The Balaban J connectivity index is 1.17. The van der Waals surface area contributed by atoms with Crippen molar-refractivity contribution in [2.45, 2.75) is 44.7 Å². The van der Waals surface area contributed by atoms with E-state index in [1.807, 2.05) is 59.5 Å². The molecule has 2 aromatic carbocycles. The second-order valence-corrected chi connectivity index (χ2v) is 8.94. The molecule has 3 N–H and O–H groups in total. The average molecular weight is 450 g/mol. The highest BCUT2D eigenvalue weighted by Gasteiger charge is 2.24. The third-order valence-corrected chi connectivity index (χ3v) is 6.47. The fraction of sp³-hybridized carbons (Fsp3) is 0.462. The lowest BCUT2D eigenvalue weighted by Gasteiger charge is -2.37. The van der Waals surface area contributed by atoms with Crippen molar-refractivity contribution in [1.29, 1.82) is 0 Å². The molecule has 33 heavy (non-hydrogen) atoms. The summed E-state index contributed by atoms with van der Waals surface area (Å²) in [5.41, 5.74) is 3.06. The topological polar surface area (TPSA) is 76.7 Å².